The molecule has 9 heteroatoms. The van der Waals surface area contributed by atoms with Gasteiger partial charge in [0.05, 0.1) is 30.0 Å². The Morgan fingerprint density at radius 1 is 1.42 bits per heavy atom. The molecule has 2 aromatic rings. The van der Waals surface area contributed by atoms with Crippen molar-refractivity contribution in [2.24, 2.45) is 0 Å². The fraction of sp³-hybridized carbons (Fsp3) is 0.333. The van der Waals surface area contributed by atoms with Gasteiger partial charge in [0.2, 0.25) is 0 Å². The molecule has 1 aromatic carbocycles. The molecule has 0 aliphatic rings. The van der Waals surface area contributed by atoms with Gasteiger partial charge in [-0.3, -0.25) is 9.48 Å². The van der Waals surface area contributed by atoms with Gasteiger partial charge in [0, 0.05) is 12.1 Å². The van der Waals surface area contributed by atoms with Crippen LogP contribution in [0.1, 0.15) is 23.0 Å². The quantitative estimate of drug-likeness (QED) is 0.770. The molecule has 0 atom stereocenters. The average Bonchev–Trinajstić information content (AvgIpc) is 2.92. The molecule has 130 valence electrons. The van der Waals surface area contributed by atoms with Gasteiger partial charge in [-0.1, -0.05) is 0 Å². The summed E-state index contributed by atoms with van der Waals surface area (Å²) in [7, 11) is 1.31. The highest BCUT2D eigenvalue weighted by Crippen LogP contribution is 2.29. The molecule has 6 nitrogen and oxygen atoms in total. The van der Waals surface area contributed by atoms with E-state index in [1.165, 1.54) is 25.3 Å². The van der Waals surface area contributed by atoms with E-state index in [0.29, 0.717) is 6.54 Å². The van der Waals surface area contributed by atoms with Crippen LogP contribution in [0, 0.1) is 0 Å². The van der Waals surface area contributed by atoms with Crippen LogP contribution in [0.25, 0.3) is 0 Å². The first-order valence-electron chi connectivity index (χ1n) is 7.07. The van der Waals surface area contributed by atoms with E-state index in [1.807, 2.05) is 6.92 Å². The molecule has 1 amide bonds. The molecular formula is C15H16BrF2N3O3. The van der Waals surface area contributed by atoms with Crippen LogP contribution < -0.4 is 14.8 Å². The second-order valence-electron chi connectivity index (χ2n) is 4.68. The molecule has 0 spiro atoms. The van der Waals surface area contributed by atoms with Crippen molar-refractivity contribution in [1.29, 1.82) is 0 Å². The van der Waals surface area contributed by atoms with E-state index in [2.05, 4.69) is 31.1 Å². The molecule has 1 N–H and O–H groups in total. The minimum Gasteiger partial charge on any atom is -0.493 e. The number of carbonyl (C=O) groups excluding carboxylic acids is 1. The molecular weight excluding hydrogens is 388 g/mol. The van der Waals surface area contributed by atoms with Gasteiger partial charge in [-0.25, -0.2) is 0 Å². The van der Waals surface area contributed by atoms with Crippen LogP contribution in [0.2, 0.25) is 0 Å². The first kappa shape index (κ1) is 18.2. The molecule has 1 heterocycles. The number of ether oxygens (including phenoxy) is 2. The highest BCUT2D eigenvalue weighted by molar-refractivity contribution is 9.10. The van der Waals surface area contributed by atoms with Crippen molar-refractivity contribution in [3.63, 3.8) is 0 Å². The number of carbonyl (C=O) groups is 1. The molecule has 0 saturated heterocycles. The molecule has 0 saturated carbocycles. The van der Waals surface area contributed by atoms with E-state index in [4.69, 9.17) is 4.74 Å². The molecule has 24 heavy (non-hydrogen) atoms. The number of aryl methyl sites for hydroxylation is 1. The number of hydrogen-bond donors (Lipinski definition) is 1. The van der Waals surface area contributed by atoms with Gasteiger partial charge in [0.15, 0.2) is 11.5 Å². The number of amides is 1. The zero-order valence-corrected chi connectivity index (χ0v) is 14.6. The molecule has 1 aromatic heterocycles. The summed E-state index contributed by atoms with van der Waals surface area (Å²) >= 11 is 3.38. The Morgan fingerprint density at radius 3 is 2.79 bits per heavy atom. The van der Waals surface area contributed by atoms with Crippen molar-refractivity contribution in [2.45, 2.75) is 26.6 Å². The van der Waals surface area contributed by atoms with Gasteiger partial charge in [-0.2, -0.15) is 13.9 Å². The van der Waals surface area contributed by atoms with Crippen molar-refractivity contribution < 1.29 is 23.0 Å². The van der Waals surface area contributed by atoms with Crippen LogP contribution in [0.5, 0.6) is 11.5 Å². The molecule has 0 unspecified atom stereocenters. The summed E-state index contributed by atoms with van der Waals surface area (Å²) < 4.78 is 36.5. The van der Waals surface area contributed by atoms with Crippen LogP contribution in [0.3, 0.4) is 0 Å². The third-order valence-electron chi connectivity index (χ3n) is 3.26. The molecule has 2 rings (SSSR count). The topological polar surface area (TPSA) is 65.4 Å². The summed E-state index contributed by atoms with van der Waals surface area (Å²) in [5.41, 5.74) is 1.10. The minimum absolute atomic E-state index is 0.0581. The van der Waals surface area contributed by atoms with Crippen LogP contribution in [0.15, 0.2) is 28.9 Å². The third kappa shape index (κ3) is 4.22. The van der Waals surface area contributed by atoms with Crippen molar-refractivity contribution in [3.8, 4) is 11.5 Å². The Morgan fingerprint density at radius 2 is 2.17 bits per heavy atom. The lowest BCUT2D eigenvalue weighted by atomic mass is 10.2. The third-order valence-corrected chi connectivity index (χ3v) is 3.92. The van der Waals surface area contributed by atoms with Gasteiger partial charge in [0.1, 0.15) is 0 Å². The maximum atomic E-state index is 12.3. The number of aromatic nitrogens is 2. The summed E-state index contributed by atoms with van der Waals surface area (Å²) in [6.45, 7) is -0.0859. The van der Waals surface area contributed by atoms with Crippen molar-refractivity contribution in [3.05, 3.63) is 40.1 Å². The van der Waals surface area contributed by atoms with E-state index < -0.39 is 6.61 Å². The Balaban J connectivity index is 2.11. The maximum Gasteiger partial charge on any atom is 0.387 e. The smallest absolute Gasteiger partial charge is 0.387 e. The van der Waals surface area contributed by atoms with Crippen LogP contribution >= 0.6 is 15.9 Å². The standard InChI is InChI=1S/C15H16BrF2N3O3/c1-3-21-11(10(16)7-20-21)8-19-14(22)9-4-5-12(24-15(17)18)13(6-9)23-2/h4-7,15H,3,8H2,1-2H3,(H,19,22). The number of alkyl halides is 2. The molecule has 0 fully saturated rings. The predicted molar refractivity (Wildman–Crippen MR) is 86.4 cm³/mol. The Hall–Kier alpha value is -2.16. The van der Waals surface area contributed by atoms with E-state index >= 15 is 0 Å². The summed E-state index contributed by atoms with van der Waals surface area (Å²) in [4.78, 5) is 12.3. The van der Waals surface area contributed by atoms with E-state index in [0.717, 1.165) is 10.2 Å². The number of hydrogen-bond acceptors (Lipinski definition) is 4. The van der Waals surface area contributed by atoms with Gasteiger partial charge in [-0.15, -0.1) is 0 Å². The van der Waals surface area contributed by atoms with Crippen LogP contribution in [-0.4, -0.2) is 29.4 Å². The Kier molecular flexibility index (Phi) is 6.13. The molecule has 0 aliphatic heterocycles. The number of methoxy groups -OCH3 is 1. The predicted octanol–water partition coefficient (Wildman–Crippen LogP) is 3.21. The second-order valence-corrected chi connectivity index (χ2v) is 5.54. The summed E-state index contributed by atoms with van der Waals surface area (Å²) in [6.07, 6.45) is 1.66. The number of nitrogens with one attached hydrogen (secondary N) is 1. The van der Waals surface area contributed by atoms with Gasteiger partial charge in [0.25, 0.3) is 5.91 Å². The number of benzene rings is 1. The molecule has 0 aliphatic carbocycles. The maximum absolute atomic E-state index is 12.3. The van der Waals surface area contributed by atoms with E-state index in [9.17, 15) is 13.6 Å². The molecule has 0 radical (unpaired) electrons. The van der Waals surface area contributed by atoms with Crippen LogP contribution in [-0.2, 0) is 13.1 Å². The first-order chi connectivity index (χ1) is 11.5. The lowest BCUT2D eigenvalue weighted by Crippen LogP contribution is -2.24. The normalized spacial score (nSPS) is 10.8. The summed E-state index contributed by atoms with van der Waals surface area (Å²) in [5.74, 6) is -0.439. The highest BCUT2D eigenvalue weighted by atomic mass is 79.9. The zero-order valence-electron chi connectivity index (χ0n) is 13.1. The fourth-order valence-corrected chi connectivity index (χ4v) is 2.54. The molecule has 0 bridgehead atoms. The van der Waals surface area contributed by atoms with Crippen molar-refractivity contribution in [2.75, 3.05) is 7.11 Å². The van der Waals surface area contributed by atoms with Crippen LogP contribution in [0.4, 0.5) is 8.78 Å². The van der Waals surface area contributed by atoms with Gasteiger partial charge < -0.3 is 14.8 Å². The van der Waals surface area contributed by atoms with Crippen molar-refractivity contribution >= 4 is 21.8 Å². The SMILES string of the molecule is CCn1ncc(Br)c1CNC(=O)c1ccc(OC(F)F)c(OC)c1. The average molecular weight is 404 g/mol. The monoisotopic (exact) mass is 403 g/mol. The zero-order chi connectivity index (χ0) is 17.7. The van der Waals surface area contributed by atoms with Crippen molar-refractivity contribution in [1.82, 2.24) is 15.1 Å². The largest absolute Gasteiger partial charge is 0.493 e. The van der Waals surface area contributed by atoms with Gasteiger partial charge in [-0.05, 0) is 41.1 Å². The highest BCUT2D eigenvalue weighted by Gasteiger charge is 2.15. The minimum atomic E-state index is -2.97. The lowest BCUT2D eigenvalue weighted by molar-refractivity contribution is -0.0512. The van der Waals surface area contributed by atoms with Gasteiger partial charge >= 0.3 is 6.61 Å². The van der Waals surface area contributed by atoms with E-state index in [-0.39, 0.29) is 29.5 Å². The number of rotatable bonds is 7. The number of halogens is 3. The summed E-state index contributed by atoms with van der Waals surface area (Å²) in [6, 6.07) is 4.01. The number of nitrogens with zero attached hydrogens (tertiary/aromatic N) is 2. The van der Waals surface area contributed by atoms with E-state index in [1.54, 1.807) is 10.9 Å². The fourth-order valence-electron chi connectivity index (χ4n) is 2.10. The summed E-state index contributed by atoms with van der Waals surface area (Å²) in [5, 5.41) is 6.92. The lowest BCUT2D eigenvalue weighted by Gasteiger charge is -2.12. The Labute approximate surface area is 145 Å². The first-order valence-corrected chi connectivity index (χ1v) is 7.86. The second kappa shape index (κ2) is 8.09. The Bertz CT molecular complexity index is 722.